The number of benzene rings is 3. The average molecular weight is 542 g/mol. The van der Waals surface area contributed by atoms with E-state index >= 15 is 0 Å². The molecule has 9 heteroatoms. The molecular weight excluding hydrogens is 510 g/mol. The summed E-state index contributed by atoms with van der Waals surface area (Å²) < 4.78 is 28.4. The maximum atomic E-state index is 13.9. The molecule has 0 aliphatic heterocycles. The maximum absolute atomic E-state index is 13.9. The molecule has 2 amide bonds. The minimum Gasteiger partial charge on any atom is -0.354 e. The molecule has 196 valence electrons. The molecule has 3 aromatic rings. The van der Waals surface area contributed by atoms with E-state index in [0.29, 0.717) is 29.2 Å². The third-order valence-corrected chi connectivity index (χ3v) is 8.04. The highest BCUT2D eigenvalue weighted by Gasteiger charge is 2.33. The number of hydrogen-bond acceptors (Lipinski definition) is 4. The van der Waals surface area contributed by atoms with Crippen molar-refractivity contribution < 1.29 is 18.0 Å². The fourth-order valence-corrected chi connectivity index (χ4v) is 5.57. The fourth-order valence-electron chi connectivity index (χ4n) is 3.94. The molecule has 0 saturated heterocycles. The highest BCUT2D eigenvalue weighted by molar-refractivity contribution is 7.92. The Balaban J connectivity index is 2.02. The number of nitrogens with zero attached hydrogens (tertiary/aromatic N) is 2. The molecule has 0 unspecified atom stereocenters. The van der Waals surface area contributed by atoms with Gasteiger partial charge in [0.05, 0.1) is 10.6 Å². The van der Waals surface area contributed by atoms with E-state index in [1.807, 2.05) is 13.8 Å². The molecule has 0 spiro atoms. The van der Waals surface area contributed by atoms with Gasteiger partial charge in [0.1, 0.15) is 12.6 Å². The second-order valence-corrected chi connectivity index (χ2v) is 10.8. The molecule has 0 saturated carbocycles. The second kappa shape index (κ2) is 13.3. The van der Waals surface area contributed by atoms with Gasteiger partial charge in [-0.1, -0.05) is 80.0 Å². The number of para-hydroxylation sites is 1. The predicted molar refractivity (Wildman–Crippen MR) is 147 cm³/mol. The monoisotopic (exact) mass is 541 g/mol. The van der Waals surface area contributed by atoms with Gasteiger partial charge in [0, 0.05) is 18.1 Å². The summed E-state index contributed by atoms with van der Waals surface area (Å²) in [6.45, 7) is 3.81. The van der Waals surface area contributed by atoms with Crippen molar-refractivity contribution in [1.29, 1.82) is 0 Å². The van der Waals surface area contributed by atoms with Gasteiger partial charge in [0.2, 0.25) is 11.8 Å². The minimum atomic E-state index is -4.07. The first-order valence-electron chi connectivity index (χ1n) is 12.2. The van der Waals surface area contributed by atoms with Crippen LogP contribution in [-0.4, -0.2) is 44.3 Å². The first kappa shape index (κ1) is 28.2. The Hall–Kier alpha value is -3.36. The number of anilines is 1. The Morgan fingerprint density at radius 3 is 2.08 bits per heavy atom. The molecule has 0 fully saturated rings. The highest BCUT2D eigenvalue weighted by Crippen LogP contribution is 2.25. The minimum absolute atomic E-state index is 0.0601. The molecule has 0 bridgehead atoms. The van der Waals surface area contributed by atoms with Gasteiger partial charge in [-0.15, -0.1) is 0 Å². The van der Waals surface area contributed by atoms with E-state index in [0.717, 1.165) is 10.7 Å². The van der Waals surface area contributed by atoms with E-state index in [-0.39, 0.29) is 17.3 Å². The Kier molecular flexibility index (Phi) is 10.1. The van der Waals surface area contributed by atoms with Crippen LogP contribution < -0.4 is 9.62 Å². The third-order valence-electron chi connectivity index (χ3n) is 5.89. The van der Waals surface area contributed by atoms with Crippen LogP contribution in [0.2, 0.25) is 5.02 Å². The van der Waals surface area contributed by atoms with Gasteiger partial charge >= 0.3 is 0 Å². The van der Waals surface area contributed by atoms with Crippen LogP contribution >= 0.6 is 11.6 Å². The average Bonchev–Trinajstić information content (AvgIpc) is 2.92. The van der Waals surface area contributed by atoms with Crippen LogP contribution in [-0.2, 0) is 26.2 Å². The first-order chi connectivity index (χ1) is 17.8. The molecule has 0 aliphatic rings. The topological polar surface area (TPSA) is 86.8 Å². The van der Waals surface area contributed by atoms with Crippen LogP contribution in [0.15, 0.2) is 89.8 Å². The van der Waals surface area contributed by atoms with Crippen molar-refractivity contribution in [1.82, 2.24) is 10.2 Å². The maximum Gasteiger partial charge on any atom is 0.264 e. The quantitative estimate of drug-likeness (QED) is 0.354. The predicted octanol–water partition coefficient (Wildman–Crippen LogP) is 4.87. The molecule has 1 atom stereocenters. The summed E-state index contributed by atoms with van der Waals surface area (Å²) in [5.41, 5.74) is 1.01. The number of hydrogen-bond donors (Lipinski definition) is 1. The zero-order valence-electron chi connectivity index (χ0n) is 21.0. The normalized spacial score (nSPS) is 12.0. The Morgan fingerprint density at radius 1 is 0.892 bits per heavy atom. The molecule has 3 rings (SSSR count). The van der Waals surface area contributed by atoms with Crippen LogP contribution in [0.1, 0.15) is 32.3 Å². The van der Waals surface area contributed by atoms with Crippen molar-refractivity contribution in [2.45, 2.75) is 44.2 Å². The van der Waals surface area contributed by atoms with Crippen LogP contribution in [0, 0.1) is 0 Å². The molecule has 0 radical (unpaired) electrons. The lowest BCUT2D eigenvalue weighted by molar-refractivity contribution is -0.140. The van der Waals surface area contributed by atoms with Gasteiger partial charge < -0.3 is 10.2 Å². The number of halogens is 1. The lowest BCUT2D eigenvalue weighted by Gasteiger charge is -2.33. The van der Waals surface area contributed by atoms with Gasteiger partial charge in [0.25, 0.3) is 10.0 Å². The molecule has 0 aliphatic carbocycles. The summed E-state index contributed by atoms with van der Waals surface area (Å²) in [7, 11) is -4.07. The van der Waals surface area contributed by atoms with Gasteiger partial charge in [-0.05, 0) is 48.7 Å². The number of rotatable bonds is 12. The zero-order valence-corrected chi connectivity index (χ0v) is 22.6. The van der Waals surface area contributed by atoms with Gasteiger partial charge in [0.15, 0.2) is 0 Å². The number of nitrogens with one attached hydrogen (secondary N) is 1. The third kappa shape index (κ3) is 7.11. The van der Waals surface area contributed by atoms with Crippen molar-refractivity contribution in [3.8, 4) is 0 Å². The van der Waals surface area contributed by atoms with Crippen molar-refractivity contribution in [3.63, 3.8) is 0 Å². The molecule has 1 N–H and O–H groups in total. The van der Waals surface area contributed by atoms with Crippen molar-refractivity contribution in [3.05, 3.63) is 95.5 Å². The first-order valence-corrected chi connectivity index (χ1v) is 14.0. The fraction of sp³-hybridized carbons (Fsp3) is 0.286. The van der Waals surface area contributed by atoms with E-state index < -0.39 is 28.5 Å². The Labute approximate surface area is 224 Å². The summed E-state index contributed by atoms with van der Waals surface area (Å²) in [5.74, 6) is -0.802. The number of amides is 2. The van der Waals surface area contributed by atoms with Crippen LogP contribution in [0.25, 0.3) is 0 Å². The van der Waals surface area contributed by atoms with Crippen molar-refractivity contribution in [2.24, 2.45) is 0 Å². The molecule has 3 aromatic carbocycles. The van der Waals surface area contributed by atoms with Crippen molar-refractivity contribution in [2.75, 3.05) is 17.4 Å². The van der Waals surface area contributed by atoms with Crippen LogP contribution in [0.5, 0.6) is 0 Å². The highest BCUT2D eigenvalue weighted by atomic mass is 35.5. The smallest absolute Gasteiger partial charge is 0.264 e. The molecule has 7 nitrogen and oxygen atoms in total. The summed E-state index contributed by atoms with van der Waals surface area (Å²) >= 11 is 6.39. The number of carbonyl (C=O) groups excluding carboxylic acids is 2. The summed E-state index contributed by atoms with van der Waals surface area (Å²) in [6, 6.07) is 22.7. The summed E-state index contributed by atoms with van der Waals surface area (Å²) in [5, 5.41) is 3.32. The van der Waals surface area contributed by atoms with Gasteiger partial charge in [-0.3, -0.25) is 13.9 Å². The number of sulfonamides is 1. The molecule has 0 heterocycles. The summed E-state index contributed by atoms with van der Waals surface area (Å²) in [4.78, 5) is 28.4. The standard InChI is InChI=1S/C28H32ClN3O4S/c1-3-19-30-28(34)26(4-2)31(20-22-13-11-12-18-25(22)29)27(33)21-32(23-14-7-5-8-15-23)37(35,36)24-16-9-6-10-17-24/h5-18,26H,3-4,19-21H2,1-2H3,(H,30,34)/t26-/m0/s1. The SMILES string of the molecule is CCCNC(=O)[C@H](CC)N(Cc1ccccc1Cl)C(=O)CN(c1ccccc1)S(=O)(=O)c1ccccc1. The van der Waals surface area contributed by atoms with Crippen LogP contribution in [0.3, 0.4) is 0 Å². The van der Waals surface area contributed by atoms with Gasteiger partial charge in [-0.25, -0.2) is 8.42 Å². The van der Waals surface area contributed by atoms with Crippen LogP contribution in [0.4, 0.5) is 5.69 Å². The number of carbonyl (C=O) groups is 2. The van der Waals surface area contributed by atoms with E-state index in [4.69, 9.17) is 11.6 Å². The van der Waals surface area contributed by atoms with Crippen molar-refractivity contribution >= 4 is 39.1 Å². The molecule has 37 heavy (non-hydrogen) atoms. The largest absolute Gasteiger partial charge is 0.354 e. The zero-order chi connectivity index (χ0) is 26.8. The Bertz CT molecular complexity index is 1290. The second-order valence-electron chi connectivity index (χ2n) is 8.49. The van der Waals surface area contributed by atoms with Gasteiger partial charge in [-0.2, -0.15) is 0 Å². The molecule has 0 aromatic heterocycles. The lowest BCUT2D eigenvalue weighted by atomic mass is 10.1. The van der Waals surface area contributed by atoms with E-state index in [1.54, 1.807) is 72.8 Å². The summed E-state index contributed by atoms with van der Waals surface area (Å²) in [6.07, 6.45) is 1.10. The lowest BCUT2D eigenvalue weighted by Crippen LogP contribution is -2.52. The van der Waals surface area contributed by atoms with E-state index in [1.165, 1.54) is 17.0 Å². The molecular formula is C28H32ClN3O4S. The van der Waals surface area contributed by atoms with E-state index in [2.05, 4.69) is 5.32 Å². The van der Waals surface area contributed by atoms with E-state index in [9.17, 15) is 18.0 Å². The Morgan fingerprint density at radius 2 is 1.49 bits per heavy atom.